The minimum Gasteiger partial charge on any atom is -0.496 e. The van der Waals surface area contributed by atoms with Crippen LogP contribution < -0.4 is 4.74 Å². The highest BCUT2D eigenvalue weighted by Crippen LogP contribution is 2.30. The van der Waals surface area contributed by atoms with Crippen LogP contribution in [-0.4, -0.2) is 12.9 Å². The van der Waals surface area contributed by atoms with E-state index in [-0.39, 0.29) is 5.78 Å². The number of ether oxygens (including phenoxy) is 1. The van der Waals surface area contributed by atoms with Gasteiger partial charge in [0.2, 0.25) is 0 Å². The molecule has 0 radical (unpaired) electrons. The van der Waals surface area contributed by atoms with Crippen molar-refractivity contribution in [2.45, 2.75) is 27.2 Å². The SMILES string of the molecule is CCC(=O)c1ccc(-c2cc(C)c(OC)c(C)c2)cc1. The van der Waals surface area contributed by atoms with Gasteiger partial charge in [-0.3, -0.25) is 4.79 Å². The van der Waals surface area contributed by atoms with E-state index < -0.39 is 0 Å². The first kappa shape index (κ1) is 14.3. The Bertz CT molecular complexity index is 601. The van der Waals surface area contributed by atoms with Crippen molar-refractivity contribution in [3.63, 3.8) is 0 Å². The Kier molecular flexibility index (Phi) is 4.23. The van der Waals surface area contributed by atoms with E-state index in [1.165, 1.54) is 0 Å². The first-order valence-corrected chi connectivity index (χ1v) is 6.85. The highest BCUT2D eigenvalue weighted by molar-refractivity contribution is 5.96. The molecular formula is C18H20O2. The van der Waals surface area contributed by atoms with E-state index in [1.54, 1.807) is 7.11 Å². The Labute approximate surface area is 120 Å². The maximum Gasteiger partial charge on any atom is 0.162 e. The number of hydrogen-bond acceptors (Lipinski definition) is 2. The molecule has 0 saturated carbocycles. The van der Waals surface area contributed by atoms with E-state index in [0.29, 0.717) is 6.42 Å². The van der Waals surface area contributed by atoms with Gasteiger partial charge in [-0.1, -0.05) is 31.2 Å². The standard InChI is InChI=1S/C18H20O2/c1-5-17(19)15-8-6-14(7-9-15)16-10-12(2)18(20-4)13(3)11-16/h6-11H,5H2,1-4H3. The summed E-state index contributed by atoms with van der Waals surface area (Å²) in [4.78, 5) is 11.6. The summed E-state index contributed by atoms with van der Waals surface area (Å²) in [6.07, 6.45) is 0.542. The summed E-state index contributed by atoms with van der Waals surface area (Å²) in [6, 6.07) is 12.0. The predicted octanol–water partition coefficient (Wildman–Crippen LogP) is 4.57. The molecule has 2 aromatic carbocycles. The topological polar surface area (TPSA) is 26.3 Å². The van der Waals surface area contributed by atoms with E-state index in [1.807, 2.05) is 45.0 Å². The van der Waals surface area contributed by atoms with Gasteiger partial charge in [0.25, 0.3) is 0 Å². The quantitative estimate of drug-likeness (QED) is 0.759. The number of ketones is 1. The van der Waals surface area contributed by atoms with Crippen LogP contribution in [0.25, 0.3) is 11.1 Å². The fourth-order valence-electron chi connectivity index (χ4n) is 2.49. The van der Waals surface area contributed by atoms with Crippen molar-refractivity contribution in [2.24, 2.45) is 0 Å². The van der Waals surface area contributed by atoms with Gasteiger partial charge in [-0.2, -0.15) is 0 Å². The van der Waals surface area contributed by atoms with Gasteiger partial charge in [0.05, 0.1) is 7.11 Å². The molecule has 0 aliphatic heterocycles. The lowest BCUT2D eigenvalue weighted by atomic mass is 9.98. The molecule has 0 aliphatic rings. The highest BCUT2D eigenvalue weighted by atomic mass is 16.5. The third kappa shape index (κ3) is 2.74. The Morgan fingerprint density at radius 3 is 2.00 bits per heavy atom. The van der Waals surface area contributed by atoms with Crippen molar-refractivity contribution in [1.29, 1.82) is 0 Å². The number of Topliss-reactive ketones (excluding diaryl/α,β-unsaturated/α-hetero) is 1. The van der Waals surface area contributed by atoms with Crippen LogP contribution >= 0.6 is 0 Å². The van der Waals surface area contributed by atoms with Gasteiger partial charge in [0, 0.05) is 12.0 Å². The summed E-state index contributed by atoms with van der Waals surface area (Å²) in [5.74, 6) is 1.12. The molecule has 0 aliphatic carbocycles. The molecule has 0 saturated heterocycles. The minimum absolute atomic E-state index is 0.179. The lowest BCUT2D eigenvalue weighted by molar-refractivity contribution is 0.0988. The fourth-order valence-corrected chi connectivity index (χ4v) is 2.49. The van der Waals surface area contributed by atoms with Crippen molar-refractivity contribution in [2.75, 3.05) is 7.11 Å². The molecule has 0 amide bonds. The molecule has 2 heteroatoms. The van der Waals surface area contributed by atoms with E-state index >= 15 is 0 Å². The van der Waals surface area contributed by atoms with Crippen LogP contribution in [0.1, 0.15) is 34.8 Å². The minimum atomic E-state index is 0.179. The van der Waals surface area contributed by atoms with Crippen LogP contribution in [-0.2, 0) is 0 Å². The van der Waals surface area contributed by atoms with E-state index in [9.17, 15) is 4.79 Å². The summed E-state index contributed by atoms with van der Waals surface area (Å²) >= 11 is 0. The Hall–Kier alpha value is -2.09. The molecule has 0 atom stereocenters. The number of hydrogen-bond donors (Lipinski definition) is 0. The van der Waals surface area contributed by atoms with Crippen LogP contribution in [0.5, 0.6) is 5.75 Å². The molecule has 0 N–H and O–H groups in total. The number of carbonyl (C=O) groups excluding carboxylic acids is 1. The zero-order valence-electron chi connectivity index (χ0n) is 12.5. The second kappa shape index (κ2) is 5.91. The molecule has 2 nitrogen and oxygen atoms in total. The number of aryl methyl sites for hydroxylation is 2. The van der Waals surface area contributed by atoms with Crippen LogP contribution in [0, 0.1) is 13.8 Å². The van der Waals surface area contributed by atoms with Crippen LogP contribution in [0.4, 0.5) is 0 Å². The molecule has 0 spiro atoms. The van der Waals surface area contributed by atoms with E-state index in [4.69, 9.17) is 4.74 Å². The number of carbonyl (C=O) groups is 1. The summed E-state index contributed by atoms with van der Waals surface area (Å²) in [7, 11) is 1.69. The maximum absolute atomic E-state index is 11.6. The molecular weight excluding hydrogens is 248 g/mol. The molecule has 20 heavy (non-hydrogen) atoms. The molecule has 0 bridgehead atoms. The molecule has 0 fully saturated rings. The maximum atomic E-state index is 11.6. The lowest BCUT2D eigenvalue weighted by Crippen LogP contribution is -1.96. The monoisotopic (exact) mass is 268 g/mol. The predicted molar refractivity (Wildman–Crippen MR) is 82.5 cm³/mol. The fraction of sp³-hybridized carbons (Fsp3) is 0.278. The van der Waals surface area contributed by atoms with Gasteiger partial charge in [0.15, 0.2) is 5.78 Å². The largest absolute Gasteiger partial charge is 0.496 e. The van der Waals surface area contributed by atoms with Gasteiger partial charge in [0.1, 0.15) is 5.75 Å². The summed E-state index contributed by atoms with van der Waals surface area (Å²) in [6.45, 7) is 5.97. The van der Waals surface area contributed by atoms with Gasteiger partial charge < -0.3 is 4.74 Å². The van der Waals surface area contributed by atoms with Gasteiger partial charge >= 0.3 is 0 Å². The first-order valence-electron chi connectivity index (χ1n) is 6.85. The Morgan fingerprint density at radius 1 is 1.00 bits per heavy atom. The van der Waals surface area contributed by atoms with Crippen LogP contribution in [0.3, 0.4) is 0 Å². The average molecular weight is 268 g/mol. The molecule has 0 heterocycles. The zero-order chi connectivity index (χ0) is 14.7. The molecule has 0 unspecified atom stereocenters. The van der Waals surface area contributed by atoms with Crippen LogP contribution in [0.15, 0.2) is 36.4 Å². The van der Waals surface area contributed by atoms with Crippen molar-refractivity contribution in [3.05, 3.63) is 53.1 Å². The summed E-state index contributed by atoms with van der Waals surface area (Å²) in [5.41, 5.74) is 5.29. The molecule has 2 rings (SSSR count). The zero-order valence-corrected chi connectivity index (χ0v) is 12.5. The molecule has 0 aromatic heterocycles. The smallest absolute Gasteiger partial charge is 0.162 e. The van der Waals surface area contributed by atoms with Crippen molar-refractivity contribution >= 4 is 5.78 Å². The van der Waals surface area contributed by atoms with E-state index in [2.05, 4.69) is 12.1 Å². The Morgan fingerprint density at radius 2 is 1.55 bits per heavy atom. The third-order valence-corrected chi connectivity index (χ3v) is 3.53. The normalized spacial score (nSPS) is 10.4. The summed E-state index contributed by atoms with van der Waals surface area (Å²) in [5, 5.41) is 0. The van der Waals surface area contributed by atoms with Crippen molar-refractivity contribution in [3.8, 4) is 16.9 Å². The molecule has 104 valence electrons. The Balaban J connectivity index is 2.39. The third-order valence-electron chi connectivity index (χ3n) is 3.53. The first-order chi connectivity index (χ1) is 9.56. The average Bonchev–Trinajstić information content (AvgIpc) is 2.46. The number of methoxy groups -OCH3 is 1. The van der Waals surface area contributed by atoms with Gasteiger partial charge in [-0.15, -0.1) is 0 Å². The van der Waals surface area contributed by atoms with Crippen molar-refractivity contribution < 1.29 is 9.53 Å². The highest BCUT2D eigenvalue weighted by Gasteiger charge is 2.08. The van der Waals surface area contributed by atoms with E-state index in [0.717, 1.165) is 33.6 Å². The number of benzene rings is 2. The molecule has 2 aromatic rings. The van der Waals surface area contributed by atoms with Gasteiger partial charge in [-0.05, 0) is 48.2 Å². The lowest BCUT2D eigenvalue weighted by Gasteiger charge is -2.11. The second-order valence-corrected chi connectivity index (χ2v) is 5.00. The van der Waals surface area contributed by atoms with Crippen LogP contribution in [0.2, 0.25) is 0 Å². The summed E-state index contributed by atoms with van der Waals surface area (Å²) < 4.78 is 5.39. The van der Waals surface area contributed by atoms with Crippen molar-refractivity contribution in [1.82, 2.24) is 0 Å². The second-order valence-electron chi connectivity index (χ2n) is 5.00. The number of rotatable bonds is 4. The van der Waals surface area contributed by atoms with Gasteiger partial charge in [-0.25, -0.2) is 0 Å².